The predicted molar refractivity (Wildman–Crippen MR) is 94.6 cm³/mol. The highest BCUT2D eigenvalue weighted by Crippen LogP contribution is 2.27. The number of methoxy groups -OCH3 is 1. The number of benzene rings is 2. The third-order valence-electron chi connectivity index (χ3n) is 4.44. The quantitative estimate of drug-likeness (QED) is 0.636. The highest BCUT2D eigenvalue weighted by Gasteiger charge is 2.33. The van der Waals surface area contributed by atoms with E-state index in [1.54, 1.807) is 7.11 Å². The Morgan fingerprint density at radius 3 is 2.72 bits per heavy atom. The Morgan fingerprint density at radius 1 is 1.24 bits per heavy atom. The first-order valence-corrected chi connectivity index (χ1v) is 8.30. The van der Waals surface area contributed by atoms with Gasteiger partial charge in [0.25, 0.3) is 0 Å². The average Bonchev–Trinajstić information content (AvgIpc) is 3.16. The van der Waals surface area contributed by atoms with Crippen LogP contribution in [0.15, 0.2) is 48.5 Å². The molecule has 0 spiro atoms. The number of nitrogens with one attached hydrogen (secondary N) is 3. The van der Waals surface area contributed by atoms with Crippen LogP contribution in [0.25, 0.3) is 0 Å². The van der Waals surface area contributed by atoms with E-state index in [4.69, 9.17) is 9.84 Å². The molecule has 2 atom stereocenters. The summed E-state index contributed by atoms with van der Waals surface area (Å²) in [5, 5.41) is 12.1. The van der Waals surface area contributed by atoms with Crippen LogP contribution in [0.5, 0.6) is 5.75 Å². The summed E-state index contributed by atoms with van der Waals surface area (Å²) in [4.78, 5) is 12.6. The van der Waals surface area contributed by atoms with Crippen LogP contribution >= 0.6 is 0 Å². The van der Waals surface area contributed by atoms with E-state index < -0.39 is 0 Å². The molecule has 3 rings (SSSR count). The summed E-state index contributed by atoms with van der Waals surface area (Å²) in [6, 6.07) is 15.2. The van der Waals surface area contributed by atoms with Crippen LogP contribution in [-0.2, 0) is 17.9 Å². The molecule has 25 heavy (non-hydrogen) atoms. The van der Waals surface area contributed by atoms with Gasteiger partial charge in [-0.05, 0) is 28.8 Å². The first-order valence-electron chi connectivity index (χ1n) is 8.30. The van der Waals surface area contributed by atoms with Crippen molar-refractivity contribution in [2.75, 3.05) is 13.7 Å². The van der Waals surface area contributed by atoms with E-state index in [0.29, 0.717) is 13.1 Å². The maximum absolute atomic E-state index is 12.6. The number of aliphatic hydroxyl groups excluding tert-OH is 1. The molecule has 1 saturated heterocycles. The molecule has 6 heteroatoms. The van der Waals surface area contributed by atoms with Gasteiger partial charge in [-0.2, -0.15) is 0 Å². The normalized spacial score (nSPS) is 19.6. The van der Waals surface area contributed by atoms with Gasteiger partial charge in [-0.3, -0.25) is 10.2 Å². The number of rotatable bonds is 6. The zero-order chi connectivity index (χ0) is 17.6. The van der Waals surface area contributed by atoms with Crippen LogP contribution in [0, 0.1) is 5.92 Å². The lowest BCUT2D eigenvalue weighted by Gasteiger charge is -2.19. The van der Waals surface area contributed by atoms with E-state index in [1.165, 1.54) is 0 Å². The Labute approximate surface area is 147 Å². The Hall–Kier alpha value is -2.41. The van der Waals surface area contributed by atoms with Crippen molar-refractivity contribution in [3.63, 3.8) is 0 Å². The average molecular weight is 341 g/mol. The topological polar surface area (TPSA) is 82.6 Å². The maximum Gasteiger partial charge on any atom is 0.226 e. The number of amides is 1. The molecule has 6 nitrogen and oxygen atoms in total. The fourth-order valence-electron chi connectivity index (χ4n) is 2.97. The van der Waals surface area contributed by atoms with Crippen molar-refractivity contribution in [3.8, 4) is 5.75 Å². The second-order valence-electron chi connectivity index (χ2n) is 6.08. The number of aliphatic hydroxyl groups is 1. The highest BCUT2D eigenvalue weighted by molar-refractivity contribution is 5.80. The van der Waals surface area contributed by atoms with Crippen LogP contribution in [0.4, 0.5) is 0 Å². The number of ether oxygens (including phenoxy) is 1. The van der Waals surface area contributed by atoms with Gasteiger partial charge in [-0.15, -0.1) is 0 Å². The van der Waals surface area contributed by atoms with Gasteiger partial charge in [0.15, 0.2) is 0 Å². The third kappa shape index (κ3) is 4.17. The van der Waals surface area contributed by atoms with E-state index >= 15 is 0 Å². The van der Waals surface area contributed by atoms with Crippen molar-refractivity contribution in [2.45, 2.75) is 19.2 Å². The SMILES string of the molecule is COc1cccc(C2NNCC2C(=O)NCc2ccc(CO)cc2)c1. The molecule has 0 saturated carbocycles. The van der Waals surface area contributed by atoms with Crippen molar-refractivity contribution in [2.24, 2.45) is 5.92 Å². The molecule has 0 aliphatic carbocycles. The van der Waals surface area contributed by atoms with Crippen molar-refractivity contribution < 1.29 is 14.6 Å². The molecule has 1 aliphatic rings. The number of carbonyl (C=O) groups excluding carboxylic acids is 1. The van der Waals surface area contributed by atoms with E-state index in [1.807, 2.05) is 48.5 Å². The third-order valence-corrected chi connectivity index (χ3v) is 4.44. The molecule has 0 radical (unpaired) electrons. The molecular formula is C19H23N3O3. The fourth-order valence-corrected chi connectivity index (χ4v) is 2.97. The van der Waals surface area contributed by atoms with E-state index in [-0.39, 0.29) is 24.5 Å². The number of hydrazine groups is 1. The van der Waals surface area contributed by atoms with Crippen molar-refractivity contribution in [1.29, 1.82) is 0 Å². The van der Waals surface area contributed by atoms with Crippen molar-refractivity contribution in [1.82, 2.24) is 16.2 Å². The summed E-state index contributed by atoms with van der Waals surface area (Å²) in [5.41, 5.74) is 9.12. The molecule has 4 N–H and O–H groups in total. The van der Waals surface area contributed by atoms with Gasteiger partial charge < -0.3 is 15.2 Å². The van der Waals surface area contributed by atoms with Crippen LogP contribution in [0.2, 0.25) is 0 Å². The lowest BCUT2D eigenvalue weighted by molar-refractivity contribution is -0.125. The highest BCUT2D eigenvalue weighted by atomic mass is 16.5. The zero-order valence-electron chi connectivity index (χ0n) is 14.2. The zero-order valence-corrected chi connectivity index (χ0v) is 14.2. The molecule has 0 bridgehead atoms. The Morgan fingerprint density at radius 2 is 2.00 bits per heavy atom. The lowest BCUT2D eigenvalue weighted by Crippen LogP contribution is -2.34. The number of carbonyl (C=O) groups is 1. The molecular weight excluding hydrogens is 318 g/mol. The summed E-state index contributed by atoms with van der Waals surface area (Å²) >= 11 is 0. The summed E-state index contributed by atoms with van der Waals surface area (Å²) in [6.45, 7) is 1.05. The fraction of sp³-hybridized carbons (Fsp3) is 0.316. The molecule has 2 aromatic rings. The summed E-state index contributed by atoms with van der Waals surface area (Å²) in [5.74, 6) is 0.565. The lowest BCUT2D eigenvalue weighted by atomic mass is 9.94. The number of hydrogen-bond acceptors (Lipinski definition) is 5. The van der Waals surface area contributed by atoms with E-state index in [2.05, 4.69) is 16.2 Å². The van der Waals surface area contributed by atoms with Crippen LogP contribution < -0.4 is 20.9 Å². The van der Waals surface area contributed by atoms with Gasteiger partial charge in [0.1, 0.15) is 5.75 Å². The molecule has 132 valence electrons. The minimum absolute atomic E-state index is 0.00319. The van der Waals surface area contributed by atoms with E-state index in [0.717, 1.165) is 22.4 Å². The van der Waals surface area contributed by atoms with Gasteiger partial charge in [0.2, 0.25) is 5.91 Å². The van der Waals surface area contributed by atoms with Gasteiger partial charge in [-0.25, -0.2) is 5.43 Å². The van der Waals surface area contributed by atoms with E-state index in [9.17, 15) is 4.79 Å². The van der Waals surface area contributed by atoms with Gasteiger partial charge in [0, 0.05) is 13.1 Å². The second-order valence-corrected chi connectivity index (χ2v) is 6.08. The predicted octanol–water partition coefficient (Wildman–Crippen LogP) is 1.27. The van der Waals surface area contributed by atoms with Gasteiger partial charge >= 0.3 is 0 Å². The van der Waals surface area contributed by atoms with Crippen LogP contribution in [-0.4, -0.2) is 24.7 Å². The molecule has 0 aromatic heterocycles. The number of hydrogen-bond donors (Lipinski definition) is 4. The Balaban J connectivity index is 1.63. The Kier molecular flexibility index (Phi) is 5.65. The first kappa shape index (κ1) is 17.4. The molecule has 1 heterocycles. The summed E-state index contributed by atoms with van der Waals surface area (Å²) in [6.07, 6.45) is 0. The maximum atomic E-state index is 12.6. The van der Waals surface area contributed by atoms with Crippen LogP contribution in [0.1, 0.15) is 22.7 Å². The molecule has 2 aromatic carbocycles. The van der Waals surface area contributed by atoms with Crippen molar-refractivity contribution >= 4 is 5.91 Å². The van der Waals surface area contributed by atoms with Crippen molar-refractivity contribution in [3.05, 3.63) is 65.2 Å². The minimum atomic E-state index is -0.205. The van der Waals surface area contributed by atoms with Gasteiger partial charge in [0.05, 0.1) is 25.7 Å². The summed E-state index contributed by atoms with van der Waals surface area (Å²) in [7, 11) is 1.63. The first-order chi connectivity index (χ1) is 12.2. The molecule has 1 amide bonds. The van der Waals surface area contributed by atoms with Gasteiger partial charge in [-0.1, -0.05) is 36.4 Å². The van der Waals surface area contributed by atoms with Crippen LogP contribution in [0.3, 0.4) is 0 Å². The minimum Gasteiger partial charge on any atom is -0.497 e. The molecule has 2 unspecified atom stereocenters. The Bertz CT molecular complexity index is 718. The monoisotopic (exact) mass is 341 g/mol. The molecule has 1 fully saturated rings. The largest absolute Gasteiger partial charge is 0.497 e. The standard InChI is InChI=1S/C19H23N3O3/c1-25-16-4-2-3-15(9-16)18-17(11-21-22-18)19(24)20-10-13-5-7-14(12-23)8-6-13/h2-9,17-18,21-23H,10-12H2,1H3,(H,20,24). The summed E-state index contributed by atoms with van der Waals surface area (Å²) < 4.78 is 5.27. The molecule has 1 aliphatic heterocycles. The smallest absolute Gasteiger partial charge is 0.226 e. The second kappa shape index (κ2) is 8.11.